The summed E-state index contributed by atoms with van der Waals surface area (Å²) in [6.45, 7) is 14.2. The molecule has 0 aromatic heterocycles. The molecular weight excluding hydrogens is 210 g/mol. The third-order valence-corrected chi connectivity index (χ3v) is 2.56. The Balaban J connectivity index is -0.000000329. The minimum Gasteiger partial charge on any atom is -0.353 e. The molecule has 17 heavy (non-hydrogen) atoms. The Bertz CT molecular complexity index is 237. The van der Waals surface area contributed by atoms with Gasteiger partial charge in [-0.3, -0.25) is 4.79 Å². The molecule has 0 saturated heterocycles. The summed E-state index contributed by atoms with van der Waals surface area (Å²) >= 11 is 0. The number of rotatable bonds is 1. The molecule has 0 aliphatic heterocycles. The molecule has 0 aromatic rings. The molecule has 1 amide bonds. The van der Waals surface area contributed by atoms with Crippen molar-refractivity contribution in [2.45, 2.75) is 80.2 Å². The topological polar surface area (TPSA) is 29.1 Å². The standard InChI is InChI=1S/C10H17NO.C3H8.C2H6.H2/c1-7-4-5-10(6-8(7)2)11-9(3)12;1-3-2;1-2;/h10H,4-6H2,1-3H3,(H,11,12);3H2,1-2H3;1-2H3;1H. The molecule has 1 aliphatic rings. The molecule has 0 bridgehead atoms. The average molecular weight is 243 g/mol. The lowest BCUT2D eigenvalue weighted by Crippen LogP contribution is -2.34. The Hall–Kier alpha value is -0.790. The smallest absolute Gasteiger partial charge is 0.217 e. The Morgan fingerprint density at radius 1 is 1.29 bits per heavy atom. The number of allylic oxidation sites excluding steroid dienone is 1. The van der Waals surface area contributed by atoms with Crippen LogP contribution in [0.1, 0.15) is 75.6 Å². The van der Waals surface area contributed by atoms with Crippen LogP contribution in [-0.2, 0) is 4.79 Å². The van der Waals surface area contributed by atoms with Crippen molar-refractivity contribution in [2.24, 2.45) is 0 Å². The van der Waals surface area contributed by atoms with Crippen LogP contribution in [-0.4, -0.2) is 11.9 Å². The third kappa shape index (κ3) is 10.1. The second-order valence-corrected chi connectivity index (χ2v) is 4.41. The van der Waals surface area contributed by atoms with Crippen molar-refractivity contribution in [1.29, 1.82) is 0 Å². The second-order valence-electron chi connectivity index (χ2n) is 4.41. The lowest BCUT2D eigenvalue weighted by atomic mass is 9.90. The van der Waals surface area contributed by atoms with Crippen LogP contribution >= 0.6 is 0 Å². The number of carbonyl (C=O) groups is 1. The van der Waals surface area contributed by atoms with Crippen molar-refractivity contribution in [3.05, 3.63) is 11.1 Å². The van der Waals surface area contributed by atoms with E-state index in [1.165, 1.54) is 17.6 Å². The van der Waals surface area contributed by atoms with Gasteiger partial charge in [-0.25, -0.2) is 0 Å². The van der Waals surface area contributed by atoms with Gasteiger partial charge >= 0.3 is 0 Å². The predicted molar refractivity (Wildman–Crippen MR) is 79.3 cm³/mol. The molecule has 0 radical (unpaired) electrons. The highest BCUT2D eigenvalue weighted by Crippen LogP contribution is 2.23. The van der Waals surface area contributed by atoms with E-state index in [-0.39, 0.29) is 7.33 Å². The zero-order valence-corrected chi connectivity index (χ0v) is 12.8. The first-order valence-electron chi connectivity index (χ1n) is 6.93. The van der Waals surface area contributed by atoms with Crippen LogP contribution in [0.5, 0.6) is 0 Å². The molecular formula is C15H33NO. The molecule has 1 unspecified atom stereocenters. The van der Waals surface area contributed by atoms with E-state index < -0.39 is 0 Å². The molecule has 0 spiro atoms. The van der Waals surface area contributed by atoms with E-state index in [2.05, 4.69) is 33.0 Å². The molecule has 104 valence electrons. The molecule has 0 fully saturated rings. The molecule has 0 saturated carbocycles. The van der Waals surface area contributed by atoms with Crippen LogP contribution in [0.25, 0.3) is 0 Å². The second kappa shape index (κ2) is 11.7. The first-order valence-corrected chi connectivity index (χ1v) is 6.93. The van der Waals surface area contributed by atoms with Gasteiger partial charge in [0.15, 0.2) is 0 Å². The SMILES string of the molecule is CC.CC(=O)NC1CCC(C)=C(C)C1.CCC.[HH]. The highest BCUT2D eigenvalue weighted by Gasteiger charge is 2.16. The molecule has 1 aliphatic carbocycles. The van der Waals surface area contributed by atoms with E-state index in [9.17, 15) is 4.79 Å². The van der Waals surface area contributed by atoms with E-state index in [1.54, 1.807) is 6.92 Å². The Morgan fingerprint density at radius 3 is 2.12 bits per heavy atom. The summed E-state index contributed by atoms with van der Waals surface area (Å²) in [5.74, 6) is 0.0901. The van der Waals surface area contributed by atoms with Crippen LogP contribution in [0.4, 0.5) is 0 Å². The molecule has 0 heterocycles. The summed E-state index contributed by atoms with van der Waals surface area (Å²) in [6, 6.07) is 0.381. The highest BCUT2D eigenvalue weighted by atomic mass is 16.1. The fourth-order valence-corrected chi connectivity index (χ4v) is 1.66. The Labute approximate surface area is 109 Å². The fourth-order valence-electron chi connectivity index (χ4n) is 1.66. The van der Waals surface area contributed by atoms with Gasteiger partial charge in [0.1, 0.15) is 0 Å². The van der Waals surface area contributed by atoms with Crippen molar-refractivity contribution < 1.29 is 6.22 Å². The number of hydrogen-bond donors (Lipinski definition) is 1. The van der Waals surface area contributed by atoms with E-state index in [4.69, 9.17) is 0 Å². The van der Waals surface area contributed by atoms with Gasteiger partial charge in [0.25, 0.3) is 0 Å². The van der Waals surface area contributed by atoms with Crippen LogP contribution in [0.15, 0.2) is 11.1 Å². The maximum atomic E-state index is 10.8. The van der Waals surface area contributed by atoms with Gasteiger partial charge in [-0.2, -0.15) is 0 Å². The summed E-state index contributed by atoms with van der Waals surface area (Å²) in [5.41, 5.74) is 2.94. The van der Waals surface area contributed by atoms with Crippen molar-refractivity contribution in [2.75, 3.05) is 0 Å². The minimum atomic E-state index is 0. The summed E-state index contributed by atoms with van der Waals surface area (Å²) in [5, 5.41) is 2.96. The Morgan fingerprint density at radius 2 is 1.76 bits per heavy atom. The summed E-state index contributed by atoms with van der Waals surface area (Å²) in [4.78, 5) is 10.8. The normalized spacial score (nSPS) is 18.4. The number of amides is 1. The van der Waals surface area contributed by atoms with Crippen LogP contribution in [0.3, 0.4) is 0 Å². The number of carbonyl (C=O) groups excluding carboxylic acids is 1. The zero-order chi connectivity index (χ0) is 13.8. The van der Waals surface area contributed by atoms with Gasteiger partial charge < -0.3 is 5.32 Å². The minimum absolute atomic E-state index is 0. The molecule has 1 atom stereocenters. The van der Waals surface area contributed by atoms with E-state index >= 15 is 0 Å². The lowest BCUT2D eigenvalue weighted by molar-refractivity contribution is -0.119. The molecule has 1 rings (SSSR count). The molecule has 0 aromatic carbocycles. The van der Waals surface area contributed by atoms with Crippen molar-refractivity contribution >= 4 is 5.91 Å². The maximum absolute atomic E-state index is 10.8. The molecule has 2 nitrogen and oxygen atoms in total. The predicted octanol–water partition coefficient (Wildman–Crippen LogP) is 4.70. The summed E-state index contributed by atoms with van der Waals surface area (Å²) in [7, 11) is 0. The van der Waals surface area contributed by atoms with Gasteiger partial charge in [0, 0.05) is 14.4 Å². The van der Waals surface area contributed by atoms with E-state index in [0.29, 0.717) is 6.04 Å². The van der Waals surface area contributed by atoms with Crippen LogP contribution in [0.2, 0.25) is 0 Å². The summed E-state index contributed by atoms with van der Waals surface area (Å²) < 4.78 is 0. The fraction of sp³-hybridized carbons (Fsp3) is 0.800. The number of nitrogens with one attached hydrogen (secondary N) is 1. The Kier molecular flexibility index (Phi) is 12.8. The van der Waals surface area contributed by atoms with Gasteiger partial charge in [0.05, 0.1) is 0 Å². The quantitative estimate of drug-likeness (QED) is 0.664. The van der Waals surface area contributed by atoms with Gasteiger partial charge in [-0.15, -0.1) is 0 Å². The monoisotopic (exact) mass is 243 g/mol. The first kappa shape index (κ1) is 18.6. The average Bonchev–Trinajstić information content (AvgIpc) is 2.27. The van der Waals surface area contributed by atoms with Crippen molar-refractivity contribution in [3.63, 3.8) is 0 Å². The van der Waals surface area contributed by atoms with E-state index in [0.717, 1.165) is 19.3 Å². The largest absolute Gasteiger partial charge is 0.353 e. The highest BCUT2D eigenvalue weighted by molar-refractivity contribution is 5.73. The summed E-state index contributed by atoms with van der Waals surface area (Å²) in [6.07, 6.45) is 4.52. The third-order valence-electron chi connectivity index (χ3n) is 2.56. The maximum Gasteiger partial charge on any atom is 0.217 e. The van der Waals surface area contributed by atoms with E-state index in [1.807, 2.05) is 13.8 Å². The lowest BCUT2D eigenvalue weighted by Gasteiger charge is -2.24. The van der Waals surface area contributed by atoms with Crippen molar-refractivity contribution in [3.8, 4) is 0 Å². The van der Waals surface area contributed by atoms with Crippen LogP contribution in [0, 0.1) is 0 Å². The molecule has 2 heteroatoms. The zero-order valence-electron chi connectivity index (χ0n) is 12.8. The van der Waals surface area contributed by atoms with Crippen molar-refractivity contribution in [1.82, 2.24) is 5.32 Å². The van der Waals surface area contributed by atoms with Crippen LogP contribution < -0.4 is 5.32 Å². The van der Waals surface area contributed by atoms with Gasteiger partial charge in [-0.05, 0) is 33.1 Å². The number of hydrogen-bond acceptors (Lipinski definition) is 1. The van der Waals surface area contributed by atoms with Gasteiger partial charge in [-0.1, -0.05) is 45.3 Å². The first-order chi connectivity index (χ1) is 8.01. The molecule has 1 N–H and O–H groups in total. The van der Waals surface area contributed by atoms with Gasteiger partial charge in [0.2, 0.25) is 5.91 Å².